The molecule has 1 aliphatic heterocycles. The Morgan fingerprint density at radius 3 is 2.67 bits per heavy atom. The Balaban J connectivity index is 1.51. The molecule has 0 radical (unpaired) electrons. The fourth-order valence-corrected chi connectivity index (χ4v) is 3.13. The van der Waals surface area contributed by atoms with E-state index in [-0.39, 0.29) is 5.91 Å². The summed E-state index contributed by atoms with van der Waals surface area (Å²) in [4.78, 5) is 14.6. The molecular weight excluding hydrogens is 364 g/mol. The molecule has 2 aromatic rings. The van der Waals surface area contributed by atoms with Crippen molar-refractivity contribution in [2.24, 2.45) is 0 Å². The number of nitrogens with zero attached hydrogens (tertiary/aromatic N) is 1. The molecule has 2 aromatic carbocycles. The van der Waals surface area contributed by atoms with Crippen LogP contribution in [-0.4, -0.2) is 38.8 Å². The van der Waals surface area contributed by atoms with E-state index in [0.717, 1.165) is 30.2 Å². The van der Waals surface area contributed by atoms with Gasteiger partial charge in [-0.1, -0.05) is 29.3 Å². The number of anilines is 2. The number of morpholine rings is 1. The second-order valence-corrected chi connectivity index (χ2v) is 7.01. The summed E-state index contributed by atoms with van der Waals surface area (Å²) in [5.41, 5.74) is 2.92. The first-order valence-electron chi connectivity index (χ1n) is 9.23. The van der Waals surface area contributed by atoms with Crippen LogP contribution in [0.1, 0.15) is 18.4 Å². The van der Waals surface area contributed by atoms with Gasteiger partial charge in [0.15, 0.2) is 0 Å². The van der Waals surface area contributed by atoms with E-state index in [0.29, 0.717) is 37.7 Å². The highest BCUT2D eigenvalue weighted by atomic mass is 35.5. The smallest absolute Gasteiger partial charge is 0.224 e. The van der Waals surface area contributed by atoms with Crippen molar-refractivity contribution in [1.82, 2.24) is 0 Å². The Labute approximate surface area is 165 Å². The molecule has 6 heteroatoms. The lowest BCUT2D eigenvalue weighted by molar-refractivity contribution is -0.116. The predicted octanol–water partition coefficient (Wildman–Crippen LogP) is 4.28. The number of ether oxygens (including phenoxy) is 2. The van der Waals surface area contributed by atoms with Crippen molar-refractivity contribution in [3.63, 3.8) is 0 Å². The fraction of sp³-hybridized carbons (Fsp3) is 0.381. The van der Waals surface area contributed by atoms with E-state index in [1.54, 1.807) is 6.07 Å². The zero-order chi connectivity index (χ0) is 19.1. The second kappa shape index (κ2) is 9.62. The van der Waals surface area contributed by atoms with Gasteiger partial charge in [0.2, 0.25) is 5.91 Å². The number of aryl methyl sites for hydroxylation is 1. The van der Waals surface area contributed by atoms with Crippen LogP contribution in [0.2, 0.25) is 5.02 Å². The molecular formula is C21H25ClN2O3. The lowest BCUT2D eigenvalue weighted by Crippen LogP contribution is -2.36. The summed E-state index contributed by atoms with van der Waals surface area (Å²) < 4.78 is 11.1. The molecule has 0 atom stereocenters. The molecule has 0 aromatic heterocycles. The lowest BCUT2D eigenvalue weighted by Gasteiger charge is -2.30. The van der Waals surface area contributed by atoms with E-state index in [9.17, 15) is 4.79 Å². The minimum atomic E-state index is -0.0423. The van der Waals surface area contributed by atoms with Crippen LogP contribution < -0.4 is 15.0 Å². The summed E-state index contributed by atoms with van der Waals surface area (Å²) >= 11 is 6.13. The Hall–Kier alpha value is -2.24. The number of rotatable bonds is 7. The molecule has 144 valence electrons. The number of carbonyl (C=O) groups is 1. The van der Waals surface area contributed by atoms with E-state index in [2.05, 4.69) is 10.2 Å². The maximum Gasteiger partial charge on any atom is 0.224 e. The van der Waals surface area contributed by atoms with Crippen LogP contribution in [0.15, 0.2) is 42.5 Å². The molecule has 5 nitrogen and oxygen atoms in total. The number of hydrogen-bond acceptors (Lipinski definition) is 4. The summed E-state index contributed by atoms with van der Waals surface area (Å²) in [6.45, 7) is 5.51. The third kappa shape index (κ3) is 5.88. The third-order valence-corrected chi connectivity index (χ3v) is 4.66. The minimum absolute atomic E-state index is 0.0423. The van der Waals surface area contributed by atoms with Crippen LogP contribution in [0.25, 0.3) is 0 Å². The van der Waals surface area contributed by atoms with Crippen LogP contribution in [0, 0.1) is 6.92 Å². The van der Waals surface area contributed by atoms with Gasteiger partial charge in [0.05, 0.1) is 31.2 Å². The van der Waals surface area contributed by atoms with Crippen LogP contribution >= 0.6 is 11.6 Å². The van der Waals surface area contributed by atoms with Crippen LogP contribution in [0.4, 0.5) is 11.4 Å². The summed E-state index contributed by atoms with van der Waals surface area (Å²) in [6.07, 6.45) is 1.04. The van der Waals surface area contributed by atoms with E-state index in [4.69, 9.17) is 21.1 Å². The summed E-state index contributed by atoms with van der Waals surface area (Å²) in [5, 5.41) is 3.60. The number of nitrogens with one attached hydrogen (secondary N) is 1. The molecule has 1 saturated heterocycles. The Bertz CT molecular complexity index is 759. The van der Waals surface area contributed by atoms with Crippen molar-refractivity contribution >= 4 is 28.9 Å². The summed E-state index contributed by atoms with van der Waals surface area (Å²) in [5.74, 6) is 0.782. The number of hydrogen-bond donors (Lipinski definition) is 1. The minimum Gasteiger partial charge on any atom is -0.494 e. The highest BCUT2D eigenvalue weighted by molar-refractivity contribution is 6.31. The zero-order valence-electron chi connectivity index (χ0n) is 15.5. The second-order valence-electron chi connectivity index (χ2n) is 6.57. The first-order valence-corrected chi connectivity index (χ1v) is 9.61. The maximum absolute atomic E-state index is 12.4. The van der Waals surface area contributed by atoms with Gasteiger partial charge in [0.25, 0.3) is 0 Å². The molecule has 1 aliphatic rings. The monoisotopic (exact) mass is 388 g/mol. The van der Waals surface area contributed by atoms with Gasteiger partial charge >= 0.3 is 0 Å². The topological polar surface area (TPSA) is 50.8 Å². The normalized spacial score (nSPS) is 14.1. The van der Waals surface area contributed by atoms with Crippen LogP contribution in [0.3, 0.4) is 0 Å². The van der Waals surface area contributed by atoms with Crippen molar-refractivity contribution in [2.75, 3.05) is 43.1 Å². The first kappa shape index (κ1) is 19.5. The van der Waals surface area contributed by atoms with Gasteiger partial charge in [0.1, 0.15) is 5.75 Å². The van der Waals surface area contributed by atoms with Crippen LogP contribution in [-0.2, 0) is 9.53 Å². The molecule has 27 heavy (non-hydrogen) atoms. The Morgan fingerprint density at radius 2 is 1.93 bits per heavy atom. The van der Waals surface area contributed by atoms with Crippen LogP contribution in [0.5, 0.6) is 5.75 Å². The molecule has 0 saturated carbocycles. The van der Waals surface area contributed by atoms with Crippen molar-refractivity contribution in [3.05, 3.63) is 53.1 Å². The number of carbonyl (C=O) groups excluding carboxylic acids is 1. The highest BCUT2D eigenvalue weighted by Gasteiger charge is 2.16. The van der Waals surface area contributed by atoms with E-state index >= 15 is 0 Å². The van der Waals surface area contributed by atoms with Crippen molar-refractivity contribution in [1.29, 1.82) is 0 Å². The summed E-state index contributed by atoms with van der Waals surface area (Å²) in [7, 11) is 0. The van der Waals surface area contributed by atoms with Crippen molar-refractivity contribution < 1.29 is 14.3 Å². The molecule has 1 heterocycles. The molecule has 1 amide bonds. The molecule has 0 aliphatic carbocycles. The van der Waals surface area contributed by atoms with Gasteiger partial charge in [0, 0.05) is 24.5 Å². The van der Waals surface area contributed by atoms with Crippen molar-refractivity contribution in [3.8, 4) is 5.75 Å². The van der Waals surface area contributed by atoms with Gasteiger partial charge in [-0.25, -0.2) is 0 Å². The van der Waals surface area contributed by atoms with Gasteiger partial charge in [-0.05, 0) is 43.7 Å². The van der Waals surface area contributed by atoms with Gasteiger partial charge in [-0.15, -0.1) is 0 Å². The number of amides is 1. The lowest BCUT2D eigenvalue weighted by atomic mass is 10.2. The van der Waals surface area contributed by atoms with Gasteiger partial charge < -0.3 is 19.7 Å². The Morgan fingerprint density at radius 1 is 1.19 bits per heavy atom. The van der Waals surface area contributed by atoms with E-state index in [1.165, 1.54) is 5.56 Å². The summed E-state index contributed by atoms with van der Waals surface area (Å²) in [6, 6.07) is 13.5. The fourth-order valence-electron chi connectivity index (χ4n) is 2.96. The molecule has 1 N–H and O–H groups in total. The molecule has 0 unspecified atom stereocenters. The predicted molar refractivity (Wildman–Crippen MR) is 109 cm³/mol. The number of benzene rings is 2. The first-order chi connectivity index (χ1) is 13.1. The highest BCUT2D eigenvalue weighted by Crippen LogP contribution is 2.30. The molecule has 3 rings (SSSR count). The SMILES string of the molecule is Cc1ccc(OCCCC(=O)Nc2cc(Cl)ccc2N2CCOCC2)cc1. The van der Waals surface area contributed by atoms with E-state index in [1.807, 2.05) is 43.3 Å². The van der Waals surface area contributed by atoms with Gasteiger partial charge in [-0.2, -0.15) is 0 Å². The van der Waals surface area contributed by atoms with Gasteiger partial charge in [-0.3, -0.25) is 4.79 Å². The molecule has 1 fully saturated rings. The van der Waals surface area contributed by atoms with E-state index < -0.39 is 0 Å². The standard InChI is InChI=1S/C21H25ClN2O3/c1-16-4-7-18(8-5-16)27-12-2-3-21(25)23-19-15-17(22)6-9-20(19)24-10-13-26-14-11-24/h4-9,15H,2-3,10-14H2,1H3,(H,23,25). The molecule has 0 spiro atoms. The number of halogens is 1. The average molecular weight is 389 g/mol. The zero-order valence-corrected chi connectivity index (χ0v) is 16.3. The quantitative estimate of drug-likeness (QED) is 0.719. The largest absolute Gasteiger partial charge is 0.494 e. The maximum atomic E-state index is 12.4. The Kier molecular flexibility index (Phi) is 6.96. The average Bonchev–Trinajstić information content (AvgIpc) is 2.67. The molecule has 0 bridgehead atoms. The van der Waals surface area contributed by atoms with Crippen molar-refractivity contribution in [2.45, 2.75) is 19.8 Å². The third-order valence-electron chi connectivity index (χ3n) is 4.42.